The van der Waals surface area contributed by atoms with Crippen LogP contribution in [-0.2, 0) is 18.3 Å². The standard InChI is InChI=1S/C35H62O3/c1-6-8-10-12-14-16-18-20-22-24-26-29-28-31(34(37)38)32(35(3,4)5)30(33(29)36)27-25-23-21-19-17-15-13-11-9-7-2/h28,36H,6-27H2,1-5H3,(H,37,38). The first kappa shape index (κ1) is 34.5. The fraction of sp³-hybridized carbons (Fsp3) is 0.800. The molecule has 2 N–H and O–H groups in total. The molecular formula is C35H62O3. The summed E-state index contributed by atoms with van der Waals surface area (Å²) in [5, 5.41) is 21.4. The van der Waals surface area contributed by atoms with Crippen molar-refractivity contribution in [2.24, 2.45) is 0 Å². The van der Waals surface area contributed by atoms with E-state index in [1.165, 1.54) is 103 Å². The normalized spacial score (nSPS) is 11.8. The van der Waals surface area contributed by atoms with Gasteiger partial charge >= 0.3 is 5.97 Å². The van der Waals surface area contributed by atoms with Crippen LogP contribution in [0.2, 0.25) is 0 Å². The van der Waals surface area contributed by atoms with Crippen LogP contribution in [-0.4, -0.2) is 16.2 Å². The zero-order chi connectivity index (χ0) is 28.2. The number of aromatic carboxylic acids is 1. The van der Waals surface area contributed by atoms with Crippen molar-refractivity contribution in [3.05, 3.63) is 28.3 Å². The molecule has 0 bridgehead atoms. The monoisotopic (exact) mass is 530 g/mol. The Kier molecular flexibility index (Phi) is 18.5. The number of unbranched alkanes of at least 4 members (excludes halogenated alkanes) is 18. The van der Waals surface area contributed by atoms with Gasteiger partial charge in [0, 0.05) is 0 Å². The number of phenols is 1. The number of carbonyl (C=O) groups is 1. The Morgan fingerprint density at radius 3 is 1.37 bits per heavy atom. The molecule has 0 aliphatic rings. The fourth-order valence-electron chi connectivity index (χ4n) is 5.84. The molecule has 0 aliphatic carbocycles. The van der Waals surface area contributed by atoms with Gasteiger partial charge in [-0.2, -0.15) is 0 Å². The molecule has 0 aliphatic heterocycles. The Balaban J connectivity index is 2.68. The van der Waals surface area contributed by atoms with E-state index in [0.717, 1.165) is 55.2 Å². The fourth-order valence-corrected chi connectivity index (χ4v) is 5.84. The van der Waals surface area contributed by atoms with Gasteiger partial charge in [-0.1, -0.05) is 150 Å². The van der Waals surface area contributed by atoms with E-state index in [9.17, 15) is 15.0 Å². The van der Waals surface area contributed by atoms with Crippen molar-refractivity contribution in [2.75, 3.05) is 0 Å². The molecule has 0 atom stereocenters. The molecule has 0 unspecified atom stereocenters. The van der Waals surface area contributed by atoms with Gasteiger partial charge in [-0.15, -0.1) is 0 Å². The minimum Gasteiger partial charge on any atom is -0.507 e. The summed E-state index contributed by atoms with van der Waals surface area (Å²) in [7, 11) is 0. The predicted molar refractivity (Wildman–Crippen MR) is 165 cm³/mol. The molecule has 0 amide bonds. The number of carboxylic acid groups (broad SMARTS) is 1. The maximum absolute atomic E-state index is 12.3. The van der Waals surface area contributed by atoms with Gasteiger partial charge in [-0.05, 0) is 53.9 Å². The highest BCUT2D eigenvalue weighted by atomic mass is 16.4. The van der Waals surface area contributed by atoms with E-state index in [1.807, 2.05) is 0 Å². The van der Waals surface area contributed by atoms with Crippen molar-refractivity contribution in [2.45, 2.75) is 181 Å². The smallest absolute Gasteiger partial charge is 0.336 e. The van der Waals surface area contributed by atoms with E-state index in [1.54, 1.807) is 6.07 Å². The Hall–Kier alpha value is -1.51. The third-order valence-corrected chi connectivity index (χ3v) is 8.04. The van der Waals surface area contributed by atoms with Crippen LogP contribution in [0.5, 0.6) is 5.75 Å². The van der Waals surface area contributed by atoms with Crippen LogP contribution in [0.25, 0.3) is 0 Å². The van der Waals surface area contributed by atoms with Crippen LogP contribution in [0.4, 0.5) is 0 Å². The Labute approximate surface area is 236 Å². The van der Waals surface area contributed by atoms with Gasteiger partial charge in [0.2, 0.25) is 0 Å². The highest BCUT2D eigenvalue weighted by Crippen LogP contribution is 2.39. The van der Waals surface area contributed by atoms with Crippen LogP contribution in [0.1, 0.15) is 190 Å². The number of rotatable bonds is 23. The Morgan fingerprint density at radius 2 is 1.00 bits per heavy atom. The quantitative estimate of drug-likeness (QED) is 0.138. The average molecular weight is 531 g/mol. The van der Waals surface area contributed by atoms with Crippen LogP contribution in [0.3, 0.4) is 0 Å². The highest BCUT2D eigenvalue weighted by Gasteiger charge is 2.28. The average Bonchev–Trinajstić information content (AvgIpc) is 2.86. The SMILES string of the molecule is CCCCCCCCCCCCc1cc(C(=O)O)c(C(C)(C)C)c(CCCCCCCCCCCC)c1O. The van der Waals surface area contributed by atoms with Crippen LogP contribution >= 0.6 is 0 Å². The first-order valence-corrected chi connectivity index (χ1v) is 16.4. The summed E-state index contributed by atoms with van der Waals surface area (Å²) in [6, 6.07) is 1.77. The van der Waals surface area contributed by atoms with Gasteiger partial charge in [0.1, 0.15) is 5.75 Å². The minimum absolute atomic E-state index is 0.325. The molecule has 1 rings (SSSR count). The van der Waals surface area contributed by atoms with Crippen molar-refractivity contribution in [1.82, 2.24) is 0 Å². The second-order valence-corrected chi connectivity index (χ2v) is 12.7. The summed E-state index contributed by atoms with van der Waals surface area (Å²) in [5.41, 5.74) is 2.61. The lowest BCUT2D eigenvalue weighted by Crippen LogP contribution is -2.21. The first-order valence-electron chi connectivity index (χ1n) is 16.4. The molecule has 0 spiro atoms. The zero-order valence-corrected chi connectivity index (χ0v) is 25.9. The summed E-state index contributed by atoms with van der Waals surface area (Å²) < 4.78 is 0. The van der Waals surface area contributed by atoms with Crippen LogP contribution < -0.4 is 0 Å². The molecule has 3 heteroatoms. The lowest BCUT2D eigenvalue weighted by Gasteiger charge is -2.27. The van der Waals surface area contributed by atoms with Crippen molar-refractivity contribution in [1.29, 1.82) is 0 Å². The number of hydrogen-bond donors (Lipinski definition) is 2. The maximum Gasteiger partial charge on any atom is 0.336 e. The number of benzene rings is 1. The second kappa shape index (κ2) is 20.4. The molecule has 0 saturated heterocycles. The Bertz CT molecular complexity index is 759. The molecule has 0 heterocycles. The summed E-state index contributed by atoms with van der Waals surface area (Å²) >= 11 is 0. The van der Waals surface area contributed by atoms with E-state index < -0.39 is 5.97 Å². The lowest BCUT2D eigenvalue weighted by atomic mass is 9.77. The molecule has 0 fully saturated rings. The van der Waals surface area contributed by atoms with E-state index in [-0.39, 0.29) is 5.41 Å². The molecular weight excluding hydrogens is 468 g/mol. The van der Waals surface area contributed by atoms with E-state index in [4.69, 9.17) is 0 Å². The number of carboxylic acids is 1. The molecule has 3 nitrogen and oxygen atoms in total. The van der Waals surface area contributed by atoms with Crippen LogP contribution in [0.15, 0.2) is 6.07 Å². The number of aryl methyl sites for hydroxylation is 1. The second-order valence-electron chi connectivity index (χ2n) is 12.7. The van der Waals surface area contributed by atoms with Crippen molar-refractivity contribution >= 4 is 5.97 Å². The van der Waals surface area contributed by atoms with Gasteiger partial charge < -0.3 is 10.2 Å². The van der Waals surface area contributed by atoms with Gasteiger partial charge in [0.15, 0.2) is 0 Å². The molecule has 1 aromatic carbocycles. The summed E-state index contributed by atoms with van der Waals surface area (Å²) in [6.07, 6.45) is 27.0. The first-order chi connectivity index (χ1) is 18.2. The van der Waals surface area contributed by atoms with E-state index >= 15 is 0 Å². The maximum atomic E-state index is 12.3. The van der Waals surface area contributed by atoms with Gasteiger partial charge in [-0.25, -0.2) is 4.79 Å². The van der Waals surface area contributed by atoms with Gasteiger partial charge in [-0.3, -0.25) is 0 Å². The van der Waals surface area contributed by atoms with Crippen LogP contribution in [0, 0.1) is 0 Å². The summed E-state index contributed by atoms with van der Waals surface area (Å²) in [5.74, 6) is -0.504. The molecule has 0 saturated carbocycles. The van der Waals surface area contributed by atoms with E-state index in [2.05, 4.69) is 34.6 Å². The minimum atomic E-state index is -0.872. The molecule has 1 aromatic rings. The lowest BCUT2D eigenvalue weighted by molar-refractivity contribution is 0.0693. The van der Waals surface area contributed by atoms with Gasteiger partial charge in [0.05, 0.1) is 5.56 Å². The third-order valence-electron chi connectivity index (χ3n) is 8.04. The van der Waals surface area contributed by atoms with E-state index in [0.29, 0.717) is 11.3 Å². The highest BCUT2D eigenvalue weighted by molar-refractivity contribution is 5.91. The molecule has 0 aromatic heterocycles. The zero-order valence-electron chi connectivity index (χ0n) is 25.9. The number of hydrogen-bond acceptors (Lipinski definition) is 2. The largest absolute Gasteiger partial charge is 0.507 e. The summed E-state index contributed by atoms with van der Waals surface area (Å²) in [4.78, 5) is 12.3. The number of phenolic OH excluding ortho intramolecular Hbond substituents is 1. The van der Waals surface area contributed by atoms with Crippen molar-refractivity contribution < 1.29 is 15.0 Å². The molecule has 220 valence electrons. The van der Waals surface area contributed by atoms with Crippen molar-refractivity contribution in [3.8, 4) is 5.75 Å². The predicted octanol–water partition coefficient (Wildman–Crippen LogP) is 11.3. The molecule has 0 radical (unpaired) electrons. The molecule has 38 heavy (non-hydrogen) atoms. The van der Waals surface area contributed by atoms with Crippen molar-refractivity contribution in [3.63, 3.8) is 0 Å². The third kappa shape index (κ3) is 14.0. The Morgan fingerprint density at radius 1 is 0.632 bits per heavy atom. The summed E-state index contributed by atoms with van der Waals surface area (Å²) in [6.45, 7) is 10.7. The topological polar surface area (TPSA) is 57.5 Å². The number of aromatic hydroxyl groups is 1. The van der Waals surface area contributed by atoms with Gasteiger partial charge in [0.25, 0.3) is 0 Å².